The summed E-state index contributed by atoms with van der Waals surface area (Å²) in [6.07, 6.45) is 1.63. The second-order valence-corrected chi connectivity index (χ2v) is 6.96. The van der Waals surface area contributed by atoms with Crippen molar-refractivity contribution in [1.82, 2.24) is 10.3 Å². The summed E-state index contributed by atoms with van der Waals surface area (Å²) >= 11 is 0. The summed E-state index contributed by atoms with van der Waals surface area (Å²) < 4.78 is 23.3. The summed E-state index contributed by atoms with van der Waals surface area (Å²) in [5, 5.41) is 10.5. The average Bonchev–Trinajstić information content (AvgIpc) is 3.15. The van der Waals surface area contributed by atoms with Crippen LogP contribution in [0.2, 0.25) is 0 Å². The summed E-state index contributed by atoms with van der Waals surface area (Å²) in [4.78, 5) is 27.8. The highest BCUT2D eigenvalue weighted by molar-refractivity contribution is 7.89. The lowest BCUT2D eigenvalue weighted by atomic mass is 9.98. The van der Waals surface area contributed by atoms with Gasteiger partial charge in [0.2, 0.25) is 10.0 Å². The van der Waals surface area contributed by atoms with E-state index in [0.717, 1.165) is 0 Å². The van der Waals surface area contributed by atoms with Crippen LogP contribution in [-0.2, 0) is 19.6 Å². The molecular weight excluding hydrogens is 344 g/mol. The molecule has 1 aromatic carbocycles. The molecule has 0 unspecified atom stereocenters. The van der Waals surface area contributed by atoms with Crippen molar-refractivity contribution in [1.29, 1.82) is 0 Å². The molecule has 0 fully saturated rings. The van der Waals surface area contributed by atoms with Crippen molar-refractivity contribution in [2.45, 2.75) is 11.8 Å². The van der Waals surface area contributed by atoms with Gasteiger partial charge in [0.05, 0.1) is 21.7 Å². The van der Waals surface area contributed by atoms with Crippen molar-refractivity contribution in [2.75, 3.05) is 11.9 Å². The van der Waals surface area contributed by atoms with Gasteiger partial charge in [0.1, 0.15) is 0 Å². The molecule has 0 aliphatic carbocycles. The van der Waals surface area contributed by atoms with E-state index >= 15 is 0 Å². The molecular formula is C16H16N4O4S. The standard InChI is InChI=1S/C16H16N4O4S/c1-2-18-15(21)14(12-4-3-7-19-12)13-10-8-9(25(17,23)24)5-6-11(10)20-16(13)22/h3-8,19H,2H2,1H3,(H,18,21)(H,20,22)(H2,17,23,24). The number of fused-ring (bicyclic) bond motifs is 1. The first-order valence-corrected chi connectivity index (χ1v) is 9.02. The van der Waals surface area contributed by atoms with E-state index in [1.807, 2.05) is 0 Å². The molecule has 1 aromatic heterocycles. The zero-order valence-electron chi connectivity index (χ0n) is 13.3. The van der Waals surface area contributed by atoms with Crippen molar-refractivity contribution >= 4 is 38.7 Å². The van der Waals surface area contributed by atoms with Gasteiger partial charge in [0.25, 0.3) is 11.8 Å². The van der Waals surface area contributed by atoms with E-state index in [1.54, 1.807) is 25.3 Å². The Kier molecular flexibility index (Phi) is 4.19. The van der Waals surface area contributed by atoms with Crippen LogP contribution in [0.1, 0.15) is 18.2 Å². The molecule has 0 radical (unpaired) electrons. The van der Waals surface area contributed by atoms with Gasteiger partial charge in [-0.1, -0.05) is 0 Å². The van der Waals surface area contributed by atoms with Crippen LogP contribution in [0.3, 0.4) is 0 Å². The topological polar surface area (TPSA) is 134 Å². The number of nitrogens with one attached hydrogen (secondary N) is 3. The Morgan fingerprint density at radius 1 is 1.28 bits per heavy atom. The van der Waals surface area contributed by atoms with Gasteiger partial charge in [-0.3, -0.25) is 9.59 Å². The predicted octanol–water partition coefficient (Wildman–Crippen LogP) is 0.661. The Morgan fingerprint density at radius 3 is 2.64 bits per heavy atom. The minimum atomic E-state index is -3.95. The van der Waals surface area contributed by atoms with Crippen LogP contribution in [0.5, 0.6) is 0 Å². The molecule has 9 heteroatoms. The number of carbonyl (C=O) groups excluding carboxylic acids is 2. The highest BCUT2D eigenvalue weighted by Gasteiger charge is 2.32. The monoisotopic (exact) mass is 360 g/mol. The molecule has 25 heavy (non-hydrogen) atoms. The van der Waals surface area contributed by atoms with Crippen LogP contribution < -0.4 is 15.8 Å². The quantitative estimate of drug-likeness (QED) is 0.596. The molecule has 8 nitrogen and oxygen atoms in total. The van der Waals surface area contributed by atoms with Crippen molar-refractivity contribution in [3.05, 3.63) is 47.8 Å². The van der Waals surface area contributed by atoms with Crippen LogP contribution in [-0.4, -0.2) is 31.8 Å². The minimum Gasteiger partial charge on any atom is -0.361 e. The first kappa shape index (κ1) is 16.9. The minimum absolute atomic E-state index is 0.0916. The molecule has 0 saturated carbocycles. The molecule has 2 amide bonds. The molecule has 2 aromatic rings. The van der Waals surface area contributed by atoms with E-state index < -0.39 is 21.8 Å². The van der Waals surface area contributed by atoms with Crippen LogP contribution in [0.4, 0.5) is 5.69 Å². The Bertz CT molecular complexity index is 991. The van der Waals surface area contributed by atoms with Gasteiger partial charge in [-0.05, 0) is 37.3 Å². The van der Waals surface area contributed by atoms with Gasteiger partial charge < -0.3 is 15.6 Å². The average molecular weight is 360 g/mol. The zero-order valence-corrected chi connectivity index (χ0v) is 14.1. The number of anilines is 1. The van der Waals surface area contributed by atoms with Gasteiger partial charge in [-0.15, -0.1) is 0 Å². The lowest BCUT2D eigenvalue weighted by Crippen LogP contribution is -2.25. The van der Waals surface area contributed by atoms with Gasteiger partial charge in [-0.25, -0.2) is 13.6 Å². The number of sulfonamides is 1. The molecule has 3 rings (SSSR count). The number of hydrogen-bond donors (Lipinski definition) is 4. The first-order chi connectivity index (χ1) is 11.8. The number of aromatic amines is 1. The van der Waals surface area contributed by atoms with Crippen LogP contribution in [0.25, 0.3) is 11.1 Å². The van der Waals surface area contributed by atoms with E-state index in [9.17, 15) is 18.0 Å². The van der Waals surface area contributed by atoms with E-state index in [-0.39, 0.29) is 16.0 Å². The molecule has 0 bridgehead atoms. The zero-order chi connectivity index (χ0) is 18.2. The van der Waals surface area contributed by atoms with Crippen LogP contribution >= 0.6 is 0 Å². The summed E-state index contributed by atoms with van der Waals surface area (Å²) in [6, 6.07) is 7.40. The molecule has 130 valence electrons. The molecule has 2 heterocycles. The van der Waals surface area contributed by atoms with E-state index in [4.69, 9.17) is 5.14 Å². The van der Waals surface area contributed by atoms with Gasteiger partial charge >= 0.3 is 0 Å². The smallest absolute Gasteiger partial charge is 0.257 e. The second kappa shape index (κ2) is 6.19. The van der Waals surface area contributed by atoms with E-state index in [2.05, 4.69) is 15.6 Å². The summed E-state index contributed by atoms with van der Waals surface area (Å²) in [5.74, 6) is -0.929. The Morgan fingerprint density at radius 2 is 2.04 bits per heavy atom. The van der Waals surface area contributed by atoms with Crippen molar-refractivity contribution in [3.8, 4) is 0 Å². The SMILES string of the molecule is CCNC(=O)C(=C1C(=O)Nc2ccc(S(N)(=O)=O)cc21)c1ccc[nH]1. The van der Waals surface area contributed by atoms with Gasteiger partial charge in [0.15, 0.2) is 0 Å². The summed E-state index contributed by atoms with van der Waals surface area (Å²) in [6.45, 7) is 2.14. The number of aromatic nitrogens is 1. The molecule has 1 aliphatic rings. The Hall–Kier alpha value is -2.91. The fourth-order valence-corrected chi connectivity index (χ4v) is 3.22. The number of hydrogen-bond acceptors (Lipinski definition) is 4. The highest BCUT2D eigenvalue weighted by Crippen LogP contribution is 2.38. The maximum atomic E-state index is 12.6. The fourth-order valence-electron chi connectivity index (χ4n) is 2.68. The molecule has 1 aliphatic heterocycles. The van der Waals surface area contributed by atoms with Gasteiger partial charge in [-0.2, -0.15) is 0 Å². The Balaban J connectivity index is 2.29. The van der Waals surface area contributed by atoms with Gasteiger partial charge in [0, 0.05) is 24.0 Å². The number of rotatable bonds is 4. The van der Waals surface area contributed by atoms with Crippen molar-refractivity contribution < 1.29 is 18.0 Å². The molecule has 0 spiro atoms. The van der Waals surface area contributed by atoms with E-state index in [1.165, 1.54) is 18.2 Å². The maximum absolute atomic E-state index is 12.6. The largest absolute Gasteiger partial charge is 0.361 e. The lowest BCUT2D eigenvalue weighted by molar-refractivity contribution is -0.116. The van der Waals surface area contributed by atoms with Crippen molar-refractivity contribution in [3.63, 3.8) is 0 Å². The normalized spacial score (nSPS) is 15.5. The van der Waals surface area contributed by atoms with Crippen LogP contribution in [0.15, 0.2) is 41.4 Å². The van der Waals surface area contributed by atoms with Crippen molar-refractivity contribution in [2.24, 2.45) is 5.14 Å². The summed E-state index contributed by atoms with van der Waals surface area (Å²) in [7, 11) is -3.95. The third kappa shape index (κ3) is 3.06. The fraction of sp³-hybridized carbons (Fsp3) is 0.125. The number of amides is 2. The third-order valence-electron chi connectivity index (χ3n) is 3.75. The maximum Gasteiger partial charge on any atom is 0.257 e. The lowest BCUT2D eigenvalue weighted by Gasteiger charge is -2.10. The number of H-pyrrole nitrogens is 1. The number of benzene rings is 1. The molecule has 5 N–H and O–H groups in total. The Labute approximate surface area is 144 Å². The molecule has 0 atom stereocenters. The summed E-state index contributed by atoms with van der Waals surface area (Å²) in [5.41, 5.74) is 1.40. The highest BCUT2D eigenvalue weighted by atomic mass is 32.2. The number of nitrogens with two attached hydrogens (primary N) is 1. The van der Waals surface area contributed by atoms with Crippen LogP contribution in [0, 0.1) is 0 Å². The second-order valence-electron chi connectivity index (χ2n) is 5.40. The first-order valence-electron chi connectivity index (χ1n) is 7.47. The number of likely N-dealkylation sites (N-methyl/N-ethyl adjacent to an activating group) is 1. The molecule has 0 saturated heterocycles. The number of carbonyl (C=O) groups is 2. The predicted molar refractivity (Wildman–Crippen MR) is 92.7 cm³/mol. The third-order valence-corrected chi connectivity index (χ3v) is 4.66. The number of primary sulfonamides is 1. The van der Waals surface area contributed by atoms with E-state index in [0.29, 0.717) is 23.5 Å².